The number of methoxy groups -OCH3 is 1. The van der Waals surface area contributed by atoms with Crippen LogP contribution in [0.3, 0.4) is 0 Å². The number of sulfonamides is 1. The fraction of sp³-hybridized carbons (Fsp3) is 0.412. The van der Waals surface area contributed by atoms with Gasteiger partial charge in [0.15, 0.2) is 0 Å². The minimum atomic E-state index is -3.63. The zero-order valence-corrected chi connectivity index (χ0v) is 16.6. The molecule has 1 aromatic carbocycles. The van der Waals surface area contributed by atoms with Crippen LogP contribution in [0.2, 0.25) is 0 Å². The highest BCUT2D eigenvalue weighted by Gasteiger charge is 2.32. The molecule has 2 aromatic rings. The van der Waals surface area contributed by atoms with Crippen molar-refractivity contribution < 1.29 is 17.9 Å². The second-order valence-electron chi connectivity index (χ2n) is 6.16. The van der Waals surface area contributed by atoms with Gasteiger partial charge < -0.3 is 9.64 Å². The number of hydrogen-bond donors (Lipinski definition) is 0. The van der Waals surface area contributed by atoms with Crippen LogP contribution in [-0.4, -0.2) is 61.8 Å². The van der Waals surface area contributed by atoms with Crippen LogP contribution in [0.1, 0.15) is 21.6 Å². The van der Waals surface area contributed by atoms with E-state index in [9.17, 15) is 13.2 Å². The molecule has 0 spiro atoms. The van der Waals surface area contributed by atoms with Crippen LogP contribution in [0.4, 0.5) is 0 Å². The van der Waals surface area contributed by atoms with Gasteiger partial charge in [0.25, 0.3) is 5.91 Å². The number of aryl methyl sites for hydroxylation is 2. The molecule has 0 bridgehead atoms. The lowest BCUT2D eigenvalue weighted by atomic mass is 10.1. The average molecular weight is 396 g/mol. The van der Waals surface area contributed by atoms with E-state index in [1.807, 2.05) is 0 Å². The third-order valence-electron chi connectivity index (χ3n) is 4.44. The Balaban J connectivity index is 1.78. The number of carbonyl (C=O) groups excluding carboxylic acids is 1. The van der Waals surface area contributed by atoms with Crippen molar-refractivity contribution in [2.45, 2.75) is 18.7 Å². The zero-order chi connectivity index (χ0) is 18.9. The molecule has 0 atom stereocenters. The van der Waals surface area contributed by atoms with E-state index in [1.165, 1.54) is 15.6 Å². The number of ether oxygens (including phenoxy) is 1. The summed E-state index contributed by atoms with van der Waals surface area (Å²) in [5.41, 5.74) is 3.34. The van der Waals surface area contributed by atoms with E-state index in [4.69, 9.17) is 4.74 Å². The van der Waals surface area contributed by atoms with E-state index >= 15 is 0 Å². The molecular weight excluding hydrogens is 374 g/mol. The molecule has 0 N–H and O–H groups in total. The lowest BCUT2D eigenvalue weighted by Gasteiger charge is -2.34. The first-order valence-corrected chi connectivity index (χ1v) is 10.6. The molecule has 9 heteroatoms. The smallest absolute Gasteiger partial charge is 0.273 e. The molecule has 1 aliphatic heterocycles. The lowest BCUT2D eigenvalue weighted by molar-refractivity contribution is 0.0692. The average Bonchev–Trinajstić information content (AvgIpc) is 3.15. The van der Waals surface area contributed by atoms with Gasteiger partial charge in [0.2, 0.25) is 10.0 Å². The normalized spacial score (nSPS) is 15.9. The minimum absolute atomic E-state index is 0.153. The van der Waals surface area contributed by atoms with E-state index in [1.54, 1.807) is 48.9 Å². The van der Waals surface area contributed by atoms with Crippen molar-refractivity contribution in [1.82, 2.24) is 14.2 Å². The van der Waals surface area contributed by atoms with Crippen molar-refractivity contribution in [3.63, 3.8) is 0 Å². The molecule has 0 aliphatic carbocycles. The summed E-state index contributed by atoms with van der Waals surface area (Å²) in [5, 5.41) is 1.70. The molecule has 2 heterocycles. The second kappa shape index (κ2) is 7.34. The van der Waals surface area contributed by atoms with Gasteiger partial charge in [-0.25, -0.2) is 13.4 Å². The molecule has 140 valence electrons. The predicted molar refractivity (Wildman–Crippen MR) is 99.2 cm³/mol. The summed E-state index contributed by atoms with van der Waals surface area (Å²) in [6.45, 7) is 4.77. The molecular formula is C17H21N3O4S2. The number of hydrogen-bond acceptors (Lipinski definition) is 6. The van der Waals surface area contributed by atoms with Crippen LogP contribution >= 0.6 is 11.3 Å². The van der Waals surface area contributed by atoms with Crippen molar-refractivity contribution in [3.05, 3.63) is 39.8 Å². The Morgan fingerprint density at radius 3 is 2.27 bits per heavy atom. The quantitative estimate of drug-likeness (QED) is 0.790. The van der Waals surface area contributed by atoms with Crippen LogP contribution in [0.5, 0.6) is 5.75 Å². The number of thiazole rings is 1. The van der Waals surface area contributed by atoms with E-state index in [0.717, 1.165) is 0 Å². The van der Waals surface area contributed by atoms with E-state index in [-0.39, 0.29) is 19.0 Å². The maximum atomic E-state index is 13.1. The van der Waals surface area contributed by atoms with Crippen molar-refractivity contribution in [2.75, 3.05) is 33.3 Å². The highest BCUT2D eigenvalue weighted by Crippen LogP contribution is 2.28. The maximum Gasteiger partial charge on any atom is 0.273 e. The SMILES string of the molecule is COc1cc(C)c(S(=O)(=O)N2CCN(C(=O)c3cscn3)CC2)c(C)c1. The van der Waals surface area contributed by atoms with Gasteiger partial charge in [-0.05, 0) is 37.1 Å². The van der Waals surface area contributed by atoms with E-state index in [2.05, 4.69) is 4.98 Å². The topological polar surface area (TPSA) is 79.8 Å². The Bertz CT molecular complexity index is 879. The van der Waals surface area contributed by atoms with E-state index in [0.29, 0.717) is 40.6 Å². The number of piperazine rings is 1. The van der Waals surface area contributed by atoms with Crippen molar-refractivity contribution in [2.24, 2.45) is 0 Å². The first-order chi connectivity index (χ1) is 12.3. The van der Waals surface area contributed by atoms with Gasteiger partial charge in [-0.3, -0.25) is 4.79 Å². The van der Waals surface area contributed by atoms with E-state index < -0.39 is 10.0 Å². The molecule has 0 radical (unpaired) electrons. The Hall–Kier alpha value is -1.97. The number of rotatable bonds is 4. The molecule has 3 rings (SSSR count). The van der Waals surface area contributed by atoms with Gasteiger partial charge in [0, 0.05) is 31.6 Å². The third kappa shape index (κ3) is 3.46. The number of nitrogens with zero attached hydrogens (tertiary/aromatic N) is 3. The summed E-state index contributed by atoms with van der Waals surface area (Å²) in [5.74, 6) is 0.484. The van der Waals surface area contributed by atoms with Gasteiger partial charge in [0.1, 0.15) is 11.4 Å². The summed E-state index contributed by atoms with van der Waals surface area (Å²) in [7, 11) is -2.07. The van der Waals surface area contributed by atoms with Gasteiger partial charge in [-0.1, -0.05) is 0 Å². The molecule has 1 saturated heterocycles. The predicted octanol–water partition coefficient (Wildman–Crippen LogP) is 1.92. The molecule has 26 heavy (non-hydrogen) atoms. The summed E-state index contributed by atoms with van der Waals surface area (Å²) in [6, 6.07) is 3.45. The molecule has 1 aromatic heterocycles. The molecule has 7 nitrogen and oxygen atoms in total. The van der Waals surface area contributed by atoms with Crippen molar-refractivity contribution >= 4 is 27.3 Å². The minimum Gasteiger partial charge on any atom is -0.497 e. The Morgan fingerprint density at radius 2 is 1.77 bits per heavy atom. The first kappa shape index (κ1) is 18.8. The third-order valence-corrected chi connectivity index (χ3v) is 7.24. The van der Waals surface area contributed by atoms with Crippen molar-refractivity contribution in [3.8, 4) is 5.75 Å². The van der Waals surface area contributed by atoms with Crippen molar-refractivity contribution in [1.29, 1.82) is 0 Å². The van der Waals surface area contributed by atoms with Gasteiger partial charge in [-0.2, -0.15) is 4.31 Å². The molecule has 0 saturated carbocycles. The Labute approximate surface area is 157 Å². The monoisotopic (exact) mass is 395 g/mol. The van der Waals surface area contributed by atoms with Gasteiger partial charge in [0.05, 0.1) is 17.5 Å². The van der Waals surface area contributed by atoms with Gasteiger partial charge in [-0.15, -0.1) is 11.3 Å². The van der Waals surface area contributed by atoms with Crippen LogP contribution in [-0.2, 0) is 10.0 Å². The first-order valence-electron chi connectivity index (χ1n) is 8.17. The van der Waals surface area contributed by atoms with Gasteiger partial charge >= 0.3 is 0 Å². The highest BCUT2D eigenvalue weighted by atomic mass is 32.2. The molecule has 1 aliphatic rings. The van der Waals surface area contributed by atoms with Crippen LogP contribution in [0, 0.1) is 13.8 Å². The largest absolute Gasteiger partial charge is 0.497 e. The number of benzene rings is 1. The summed E-state index contributed by atoms with van der Waals surface area (Å²) >= 11 is 1.37. The van der Waals surface area contributed by atoms with Crippen LogP contribution in [0.25, 0.3) is 0 Å². The Morgan fingerprint density at radius 1 is 1.15 bits per heavy atom. The molecule has 1 amide bonds. The Kier molecular flexibility index (Phi) is 5.31. The number of aromatic nitrogens is 1. The summed E-state index contributed by atoms with van der Waals surface area (Å²) < 4.78 is 32.9. The maximum absolute atomic E-state index is 13.1. The number of amides is 1. The number of carbonyl (C=O) groups is 1. The lowest BCUT2D eigenvalue weighted by Crippen LogP contribution is -2.50. The molecule has 1 fully saturated rings. The highest BCUT2D eigenvalue weighted by molar-refractivity contribution is 7.89. The van der Waals surface area contributed by atoms with Crippen LogP contribution < -0.4 is 4.74 Å². The standard InChI is InChI=1S/C17H21N3O4S2/c1-12-8-14(24-3)9-13(2)16(12)26(22,23)20-6-4-19(5-7-20)17(21)15-10-25-11-18-15/h8-11H,4-7H2,1-3H3. The fourth-order valence-corrected chi connectivity index (χ4v) is 5.54. The van der Waals surface area contributed by atoms with Crippen LogP contribution in [0.15, 0.2) is 27.9 Å². The summed E-state index contributed by atoms with van der Waals surface area (Å²) in [4.78, 5) is 18.3. The second-order valence-corrected chi connectivity index (χ2v) is 8.75. The molecule has 0 unspecified atom stereocenters. The fourth-order valence-electron chi connectivity index (χ4n) is 3.18. The summed E-state index contributed by atoms with van der Waals surface area (Å²) in [6.07, 6.45) is 0. The zero-order valence-electron chi connectivity index (χ0n) is 14.9.